The maximum atomic E-state index is 10.9. The number of thiazole rings is 1. The fourth-order valence-corrected chi connectivity index (χ4v) is 2.98. The largest absolute Gasteiger partial charge is 0.302 e. The highest BCUT2D eigenvalue weighted by Crippen LogP contribution is 2.37. The highest BCUT2D eigenvalue weighted by molar-refractivity contribution is 7.16. The monoisotopic (exact) mass is 210 g/mol. The molecule has 1 aromatic heterocycles. The molecule has 0 aliphatic heterocycles. The molecule has 0 unspecified atom stereocenters. The summed E-state index contributed by atoms with van der Waals surface area (Å²) in [6, 6.07) is 0. The van der Waals surface area contributed by atoms with Crippen LogP contribution in [0.1, 0.15) is 43.2 Å². The minimum atomic E-state index is -0.0382. The van der Waals surface area contributed by atoms with E-state index in [4.69, 9.17) is 0 Å². The molecule has 0 bridgehead atoms. The molecule has 1 amide bonds. The molecule has 14 heavy (non-hydrogen) atoms. The Bertz CT molecular complexity index is 359. The second-order valence-electron chi connectivity index (χ2n) is 3.80. The summed E-state index contributed by atoms with van der Waals surface area (Å²) in [5.74, 6) is 0.572. The molecule has 1 N–H and O–H groups in total. The van der Waals surface area contributed by atoms with Crippen LogP contribution in [0.25, 0.3) is 0 Å². The molecular formula is C10H14N2OS. The molecule has 1 heterocycles. The Morgan fingerprint density at radius 1 is 1.64 bits per heavy atom. The molecule has 0 saturated carbocycles. The van der Waals surface area contributed by atoms with Crippen LogP contribution >= 0.6 is 11.3 Å². The molecule has 0 spiro atoms. The lowest BCUT2D eigenvalue weighted by atomic mass is 9.94. The molecule has 0 saturated heterocycles. The van der Waals surface area contributed by atoms with Gasteiger partial charge in [0, 0.05) is 11.8 Å². The van der Waals surface area contributed by atoms with Gasteiger partial charge in [-0.25, -0.2) is 4.98 Å². The predicted octanol–water partition coefficient (Wildman–Crippen LogP) is 2.54. The Labute approximate surface area is 87.6 Å². The van der Waals surface area contributed by atoms with Crippen LogP contribution in [0.15, 0.2) is 0 Å². The van der Waals surface area contributed by atoms with Crippen molar-refractivity contribution in [3.8, 4) is 0 Å². The van der Waals surface area contributed by atoms with Crippen LogP contribution < -0.4 is 5.32 Å². The maximum Gasteiger partial charge on any atom is 0.223 e. The van der Waals surface area contributed by atoms with Gasteiger partial charge in [0.15, 0.2) is 5.13 Å². The van der Waals surface area contributed by atoms with Crippen LogP contribution in [0, 0.1) is 0 Å². The Kier molecular flexibility index (Phi) is 2.54. The van der Waals surface area contributed by atoms with Crippen molar-refractivity contribution >= 4 is 22.4 Å². The van der Waals surface area contributed by atoms with Crippen LogP contribution in [0.4, 0.5) is 5.13 Å². The van der Waals surface area contributed by atoms with Gasteiger partial charge in [0.25, 0.3) is 0 Å². The lowest BCUT2D eigenvalue weighted by Crippen LogP contribution is -2.06. The average Bonchev–Trinajstić information content (AvgIpc) is 2.47. The van der Waals surface area contributed by atoms with Gasteiger partial charge < -0.3 is 5.32 Å². The standard InChI is InChI=1S/C10H14N2OS/c1-6-4-3-5-8-9(6)14-10(12-8)11-7(2)13/h6H,3-5H2,1-2H3,(H,11,12,13)/t6-/m0/s1. The minimum absolute atomic E-state index is 0.0382. The Morgan fingerprint density at radius 2 is 2.43 bits per heavy atom. The lowest BCUT2D eigenvalue weighted by molar-refractivity contribution is -0.114. The molecular weight excluding hydrogens is 196 g/mol. The van der Waals surface area contributed by atoms with Crippen LogP contribution in [0.2, 0.25) is 0 Å². The molecule has 1 aliphatic carbocycles. The fourth-order valence-electron chi connectivity index (χ4n) is 1.84. The molecule has 1 aromatic rings. The van der Waals surface area contributed by atoms with Gasteiger partial charge >= 0.3 is 0 Å². The van der Waals surface area contributed by atoms with Gasteiger partial charge in [0.2, 0.25) is 5.91 Å². The van der Waals surface area contributed by atoms with Crippen molar-refractivity contribution in [2.75, 3.05) is 5.32 Å². The van der Waals surface area contributed by atoms with Crippen LogP contribution in [-0.4, -0.2) is 10.9 Å². The molecule has 0 fully saturated rings. The highest BCUT2D eigenvalue weighted by Gasteiger charge is 2.21. The lowest BCUT2D eigenvalue weighted by Gasteiger charge is -2.15. The molecule has 1 aliphatic rings. The van der Waals surface area contributed by atoms with Crippen LogP contribution in [0.5, 0.6) is 0 Å². The second kappa shape index (κ2) is 3.69. The Hall–Kier alpha value is -0.900. The zero-order valence-corrected chi connectivity index (χ0v) is 9.28. The van der Waals surface area contributed by atoms with E-state index < -0.39 is 0 Å². The first kappa shape index (κ1) is 9.65. The smallest absolute Gasteiger partial charge is 0.223 e. The van der Waals surface area contributed by atoms with E-state index in [1.54, 1.807) is 11.3 Å². The number of aromatic nitrogens is 1. The number of carbonyl (C=O) groups is 1. The van der Waals surface area contributed by atoms with Crippen molar-refractivity contribution in [2.24, 2.45) is 0 Å². The van der Waals surface area contributed by atoms with Gasteiger partial charge in [-0.2, -0.15) is 0 Å². The second-order valence-corrected chi connectivity index (χ2v) is 4.84. The molecule has 76 valence electrons. The van der Waals surface area contributed by atoms with Gasteiger partial charge in [-0.15, -0.1) is 11.3 Å². The van der Waals surface area contributed by atoms with E-state index in [1.165, 1.54) is 30.3 Å². The number of hydrogen-bond donors (Lipinski definition) is 1. The summed E-state index contributed by atoms with van der Waals surface area (Å²) in [7, 11) is 0. The van der Waals surface area contributed by atoms with E-state index >= 15 is 0 Å². The van der Waals surface area contributed by atoms with E-state index in [0.29, 0.717) is 5.92 Å². The van der Waals surface area contributed by atoms with Gasteiger partial charge in [-0.1, -0.05) is 6.92 Å². The summed E-state index contributed by atoms with van der Waals surface area (Å²) in [6.45, 7) is 3.75. The Morgan fingerprint density at radius 3 is 3.07 bits per heavy atom. The van der Waals surface area contributed by atoms with Crippen LogP contribution in [0.3, 0.4) is 0 Å². The zero-order valence-electron chi connectivity index (χ0n) is 8.46. The highest BCUT2D eigenvalue weighted by atomic mass is 32.1. The van der Waals surface area contributed by atoms with Gasteiger partial charge in [0.1, 0.15) is 0 Å². The Balaban J connectivity index is 2.26. The molecule has 3 nitrogen and oxygen atoms in total. The summed E-state index contributed by atoms with van der Waals surface area (Å²) in [6.07, 6.45) is 3.53. The number of anilines is 1. The first-order valence-corrected chi connectivity index (χ1v) is 5.75. The van der Waals surface area contributed by atoms with Crippen LogP contribution in [-0.2, 0) is 11.2 Å². The van der Waals surface area contributed by atoms with E-state index in [0.717, 1.165) is 11.6 Å². The number of nitrogens with zero attached hydrogens (tertiary/aromatic N) is 1. The number of amides is 1. The van der Waals surface area contributed by atoms with Crippen molar-refractivity contribution in [1.82, 2.24) is 4.98 Å². The predicted molar refractivity (Wildman–Crippen MR) is 57.8 cm³/mol. The van der Waals surface area contributed by atoms with E-state index in [9.17, 15) is 4.79 Å². The van der Waals surface area contributed by atoms with Crippen molar-refractivity contribution < 1.29 is 4.79 Å². The molecule has 1 atom stereocenters. The fraction of sp³-hybridized carbons (Fsp3) is 0.600. The van der Waals surface area contributed by atoms with Crippen molar-refractivity contribution in [3.63, 3.8) is 0 Å². The molecule has 4 heteroatoms. The third kappa shape index (κ3) is 1.80. The number of rotatable bonds is 1. The van der Waals surface area contributed by atoms with E-state index in [1.807, 2.05) is 0 Å². The summed E-state index contributed by atoms with van der Waals surface area (Å²) in [5, 5.41) is 3.51. The topological polar surface area (TPSA) is 42.0 Å². The molecule has 0 aromatic carbocycles. The zero-order chi connectivity index (χ0) is 10.1. The average molecular weight is 210 g/mol. The SMILES string of the molecule is CC(=O)Nc1nc2c(s1)[C@@H](C)CCC2. The third-order valence-electron chi connectivity index (χ3n) is 2.51. The summed E-state index contributed by atoms with van der Waals surface area (Å²) >= 11 is 1.63. The summed E-state index contributed by atoms with van der Waals surface area (Å²) in [4.78, 5) is 16.7. The first-order valence-electron chi connectivity index (χ1n) is 4.94. The first-order chi connectivity index (χ1) is 6.66. The summed E-state index contributed by atoms with van der Waals surface area (Å²) < 4.78 is 0. The number of hydrogen-bond acceptors (Lipinski definition) is 3. The van der Waals surface area contributed by atoms with E-state index in [2.05, 4.69) is 17.2 Å². The van der Waals surface area contributed by atoms with Gasteiger partial charge in [0.05, 0.1) is 5.69 Å². The van der Waals surface area contributed by atoms with Crippen molar-refractivity contribution in [2.45, 2.75) is 39.0 Å². The number of fused-ring (bicyclic) bond motifs is 1. The summed E-state index contributed by atoms with van der Waals surface area (Å²) in [5.41, 5.74) is 1.19. The quantitative estimate of drug-likeness (QED) is 0.774. The normalized spacial score (nSPS) is 20.3. The molecule has 2 rings (SSSR count). The third-order valence-corrected chi connectivity index (χ3v) is 3.75. The van der Waals surface area contributed by atoms with Crippen molar-refractivity contribution in [3.05, 3.63) is 10.6 Å². The number of aryl methyl sites for hydroxylation is 1. The van der Waals surface area contributed by atoms with Gasteiger partial charge in [-0.3, -0.25) is 4.79 Å². The van der Waals surface area contributed by atoms with E-state index in [-0.39, 0.29) is 5.91 Å². The maximum absolute atomic E-state index is 10.9. The molecule has 0 radical (unpaired) electrons. The minimum Gasteiger partial charge on any atom is -0.302 e. The number of carbonyl (C=O) groups excluding carboxylic acids is 1. The van der Waals surface area contributed by atoms with Gasteiger partial charge in [-0.05, 0) is 25.2 Å². The van der Waals surface area contributed by atoms with Crippen molar-refractivity contribution in [1.29, 1.82) is 0 Å². The number of nitrogens with one attached hydrogen (secondary N) is 1.